The molecule has 1 aromatic rings. The van der Waals surface area contributed by atoms with E-state index in [-0.39, 0.29) is 17.8 Å². The number of morpholine rings is 1. The number of halogens is 1. The smallest absolute Gasteiger partial charge is 0.180 e. The predicted molar refractivity (Wildman–Crippen MR) is 91.1 cm³/mol. The summed E-state index contributed by atoms with van der Waals surface area (Å²) >= 11 is 1.58. The molecule has 5 nitrogen and oxygen atoms in total. The highest BCUT2D eigenvalue weighted by Crippen LogP contribution is 2.22. The van der Waals surface area contributed by atoms with Gasteiger partial charge in [-0.1, -0.05) is 13.8 Å². The average Bonchev–Trinajstić information content (AvgIpc) is 2.74. The Morgan fingerprint density at radius 1 is 1.43 bits per heavy atom. The first-order valence-electron chi connectivity index (χ1n) is 7.13. The van der Waals surface area contributed by atoms with E-state index in [4.69, 9.17) is 10.5 Å². The van der Waals surface area contributed by atoms with Crippen molar-refractivity contribution in [3.8, 4) is 0 Å². The molecule has 21 heavy (non-hydrogen) atoms. The maximum atomic E-state index is 5.68. The zero-order chi connectivity index (χ0) is 14.6. The number of aromatic nitrogens is 1. The SMILES string of the molecule is CN(Cc1cnc(N)s1)CC(C)(C)CN1CCOCC1.Cl. The lowest BCUT2D eigenvalue weighted by Gasteiger charge is -2.37. The highest BCUT2D eigenvalue weighted by atomic mass is 35.5. The molecular formula is C14H27ClN4OS. The van der Waals surface area contributed by atoms with E-state index < -0.39 is 0 Å². The van der Waals surface area contributed by atoms with Crippen LogP contribution in [0.25, 0.3) is 0 Å². The van der Waals surface area contributed by atoms with E-state index in [1.807, 2.05) is 6.20 Å². The molecule has 2 heterocycles. The molecule has 2 rings (SSSR count). The van der Waals surface area contributed by atoms with Crippen molar-refractivity contribution < 1.29 is 4.74 Å². The Kier molecular flexibility index (Phi) is 7.36. The minimum atomic E-state index is 0. The van der Waals surface area contributed by atoms with Gasteiger partial charge >= 0.3 is 0 Å². The third-order valence-corrected chi connectivity index (χ3v) is 4.26. The monoisotopic (exact) mass is 334 g/mol. The van der Waals surface area contributed by atoms with Gasteiger partial charge in [-0.15, -0.1) is 23.7 Å². The Hall–Kier alpha value is -0.400. The predicted octanol–water partition coefficient (Wildman–Crippen LogP) is 1.94. The summed E-state index contributed by atoms with van der Waals surface area (Å²) in [5.41, 5.74) is 5.94. The van der Waals surface area contributed by atoms with Gasteiger partial charge in [-0.05, 0) is 12.5 Å². The molecule has 7 heteroatoms. The van der Waals surface area contributed by atoms with Crippen LogP contribution in [0.2, 0.25) is 0 Å². The molecular weight excluding hydrogens is 308 g/mol. The molecule has 1 fully saturated rings. The number of nitrogens with zero attached hydrogens (tertiary/aromatic N) is 3. The molecule has 0 saturated carbocycles. The first kappa shape index (κ1) is 18.6. The molecule has 1 aliphatic heterocycles. The van der Waals surface area contributed by atoms with Gasteiger partial charge in [-0.3, -0.25) is 4.90 Å². The quantitative estimate of drug-likeness (QED) is 0.861. The third-order valence-electron chi connectivity index (χ3n) is 3.45. The van der Waals surface area contributed by atoms with Gasteiger partial charge < -0.3 is 15.4 Å². The van der Waals surface area contributed by atoms with E-state index in [0.29, 0.717) is 5.13 Å². The van der Waals surface area contributed by atoms with Crippen molar-refractivity contribution in [3.05, 3.63) is 11.1 Å². The molecule has 0 atom stereocenters. The van der Waals surface area contributed by atoms with Gasteiger partial charge in [0.2, 0.25) is 0 Å². The number of rotatable bonds is 6. The van der Waals surface area contributed by atoms with E-state index in [1.165, 1.54) is 4.88 Å². The number of anilines is 1. The van der Waals surface area contributed by atoms with Crippen LogP contribution >= 0.6 is 23.7 Å². The third kappa shape index (κ3) is 6.48. The minimum Gasteiger partial charge on any atom is -0.379 e. The largest absolute Gasteiger partial charge is 0.379 e. The minimum absolute atomic E-state index is 0. The first-order chi connectivity index (χ1) is 9.44. The molecule has 1 aliphatic rings. The highest BCUT2D eigenvalue weighted by Gasteiger charge is 2.24. The van der Waals surface area contributed by atoms with Crippen LogP contribution in [0.4, 0.5) is 5.13 Å². The summed E-state index contributed by atoms with van der Waals surface area (Å²) in [5, 5.41) is 0.654. The Morgan fingerprint density at radius 3 is 2.67 bits per heavy atom. The molecule has 0 unspecified atom stereocenters. The Balaban J connectivity index is 0.00000220. The fraction of sp³-hybridized carbons (Fsp3) is 0.786. The summed E-state index contributed by atoms with van der Waals surface area (Å²) in [6.07, 6.45) is 1.88. The number of thiazole rings is 1. The van der Waals surface area contributed by atoms with Crippen LogP contribution in [0.1, 0.15) is 18.7 Å². The zero-order valence-corrected chi connectivity index (χ0v) is 14.8. The Morgan fingerprint density at radius 2 is 2.10 bits per heavy atom. The lowest BCUT2D eigenvalue weighted by Crippen LogP contribution is -2.45. The number of hydrogen-bond donors (Lipinski definition) is 1. The van der Waals surface area contributed by atoms with Crippen LogP contribution in [0, 0.1) is 5.41 Å². The summed E-state index contributed by atoms with van der Waals surface area (Å²) in [4.78, 5) is 10.2. The van der Waals surface area contributed by atoms with E-state index in [2.05, 4.69) is 35.7 Å². The van der Waals surface area contributed by atoms with Crippen molar-refractivity contribution in [2.45, 2.75) is 20.4 Å². The van der Waals surface area contributed by atoms with Crippen LogP contribution in [-0.4, -0.2) is 61.2 Å². The zero-order valence-electron chi connectivity index (χ0n) is 13.2. The highest BCUT2D eigenvalue weighted by molar-refractivity contribution is 7.15. The van der Waals surface area contributed by atoms with E-state index in [9.17, 15) is 0 Å². The molecule has 1 saturated heterocycles. The molecule has 0 amide bonds. The van der Waals surface area contributed by atoms with Gasteiger partial charge in [0.1, 0.15) is 0 Å². The first-order valence-corrected chi connectivity index (χ1v) is 7.95. The van der Waals surface area contributed by atoms with E-state index >= 15 is 0 Å². The maximum absolute atomic E-state index is 5.68. The van der Waals surface area contributed by atoms with Crippen molar-refractivity contribution >= 4 is 28.9 Å². The second-order valence-electron chi connectivity index (χ2n) is 6.39. The van der Waals surface area contributed by atoms with Crippen molar-refractivity contribution in [1.29, 1.82) is 0 Å². The number of nitrogen functional groups attached to an aromatic ring is 1. The van der Waals surface area contributed by atoms with Crippen LogP contribution < -0.4 is 5.73 Å². The molecule has 0 radical (unpaired) electrons. The Bertz CT molecular complexity index is 421. The maximum Gasteiger partial charge on any atom is 0.180 e. The summed E-state index contributed by atoms with van der Waals surface area (Å²) in [6, 6.07) is 0. The summed E-state index contributed by atoms with van der Waals surface area (Å²) < 4.78 is 5.41. The van der Waals surface area contributed by atoms with Crippen molar-refractivity contribution in [2.75, 3.05) is 52.2 Å². The van der Waals surface area contributed by atoms with Crippen LogP contribution in [0.5, 0.6) is 0 Å². The average molecular weight is 335 g/mol. The number of nitrogens with two attached hydrogens (primary N) is 1. The summed E-state index contributed by atoms with van der Waals surface area (Å²) in [7, 11) is 2.16. The second kappa shape index (κ2) is 8.29. The van der Waals surface area contributed by atoms with Gasteiger partial charge in [0.25, 0.3) is 0 Å². The van der Waals surface area contributed by atoms with Crippen molar-refractivity contribution in [1.82, 2.24) is 14.8 Å². The van der Waals surface area contributed by atoms with Gasteiger partial charge in [-0.25, -0.2) is 4.98 Å². The van der Waals surface area contributed by atoms with Crippen molar-refractivity contribution in [3.63, 3.8) is 0 Å². The van der Waals surface area contributed by atoms with E-state index in [1.54, 1.807) is 11.3 Å². The fourth-order valence-corrected chi connectivity index (χ4v) is 3.63. The Labute approximate surface area is 137 Å². The lowest BCUT2D eigenvalue weighted by molar-refractivity contribution is 0.0161. The summed E-state index contributed by atoms with van der Waals surface area (Å²) in [5.74, 6) is 0. The molecule has 122 valence electrons. The van der Waals surface area contributed by atoms with Gasteiger partial charge in [0.05, 0.1) is 13.2 Å². The molecule has 2 N–H and O–H groups in total. The molecule has 0 bridgehead atoms. The molecule has 0 aromatic carbocycles. The number of hydrogen-bond acceptors (Lipinski definition) is 6. The topological polar surface area (TPSA) is 54.6 Å². The molecule has 0 spiro atoms. The summed E-state index contributed by atoms with van der Waals surface area (Å²) in [6.45, 7) is 11.6. The van der Waals surface area contributed by atoms with Gasteiger partial charge in [-0.2, -0.15) is 0 Å². The molecule has 1 aromatic heterocycles. The molecule has 0 aliphatic carbocycles. The van der Waals surface area contributed by atoms with Gasteiger partial charge in [0, 0.05) is 43.8 Å². The normalized spacial score (nSPS) is 17.0. The van der Waals surface area contributed by atoms with E-state index in [0.717, 1.165) is 45.9 Å². The number of ether oxygens (including phenoxy) is 1. The van der Waals surface area contributed by atoms with Crippen LogP contribution in [0.15, 0.2) is 6.20 Å². The fourth-order valence-electron chi connectivity index (χ4n) is 2.86. The van der Waals surface area contributed by atoms with Crippen molar-refractivity contribution in [2.24, 2.45) is 5.41 Å². The lowest BCUT2D eigenvalue weighted by atomic mass is 9.92. The second-order valence-corrected chi connectivity index (χ2v) is 7.54. The standard InChI is InChI=1S/C14H26N4OS.ClH/c1-14(2,11-18-4-6-19-7-5-18)10-17(3)9-12-8-16-13(15)20-12;/h8H,4-7,9-11H2,1-3H3,(H2,15,16);1H. The van der Waals surface area contributed by atoms with Crippen LogP contribution in [-0.2, 0) is 11.3 Å². The van der Waals surface area contributed by atoms with Gasteiger partial charge in [0.15, 0.2) is 5.13 Å². The van der Waals surface area contributed by atoms with Crippen LogP contribution in [0.3, 0.4) is 0 Å².